The Morgan fingerprint density at radius 3 is 2.30 bits per heavy atom. The lowest BCUT2D eigenvalue weighted by molar-refractivity contribution is -0.198. The van der Waals surface area contributed by atoms with Crippen molar-refractivity contribution >= 4 is 11.6 Å². The van der Waals surface area contributed by atoms with Crippen molar-refractivity contribution in [3.8, 4) is 0 Å². The van der Waals surface area contributed by atoms with E-state index in [1.807, 2.05) is 0 Å². The molecule has 1 aromatic heterocycles. The first kappa shape index (κ1) is 14.7. The molecule has 108 valence electrons. The van der Waals surface area contributed by atoms with E-state index in [9.17, 15) is 22.0 Å². The predicted molar refractivity (Wildman–Crippen MR) is 60.2 cm³/mol. The molecule has 1 heterocycles. The van der Waals surface area contributed by atoms with E-state index in [2.05, 4.69) is 10.1 Å². The Bertz CT molecular complexity index is 639. The van der Waals surface area contributed by atoms with Crippen LogP contribution in [0.4, 0.5) is 22.0 Å². The minimum atomic E-state index is -4.93. The van der Waals surface area contributed by atoms with Gasteiger partial charge in [0.1, 0.15) is 18.0 Å². The highest BCUT2D eigenvalue weighted by Gasteiger charge is 2.57. The van der Waals surface area contributed by atoms with Gasteiger partial charge in [0, 0.05) is 11.6 Å². The van der Waals surface area contributed by atoms with Crippen LogP contribution in [0.25, 0.3) is 0 Å². The largest absolute Gasteiger partial charge is 0.417 e. The molecule has 0 aliphatic carbocycles. The molecule has 0 saturated carbocycles. The topological polar surface area (TPSA) is 30.7 Å². The third kappa shape index (κ3) is 2.13. The number of benzene rings is 1. The van der Waals surface area contributed by atoms with Crippen LogP contribution in [-0.4, -0.2) is 20.9 Å². The van der Waals surface area contributed by atoms with Crippen molar-refractivity contribution in [2.75, 3.05) is 0 Å². The summed E-state index contributed by atoms with van der Waals surface area (Å²) in [5, 5.41) is 2.83. The fourth-order valence-electron chi connectivity index (χ4n) is 1.80. The molecule has 1 atom stereocenters. The van der Waals surface area contributed by atoms with Crippen molar-refractivity contribution in [3.63, 3.8) is 0 Å². The standard InChI is InChI=1S/C11H7ClF5N3/c1-10(11(15,16)17,20-9(12)18-5-19-20)7-3-2-6(13)4-8(7)14/h2-5H,1H3. The molecule has 1 aromatic carbocycles. The van der Waals surface area contributed by atoms with Crippen molar-refractivity contribution in [1.29, 1.82) is 0 Å². The van der Waals surface area contributed by atoms with Gasteiger partial charge in [-0.25, -0.2) is 18.4 Å². The van der Waals surface area contributed by atoms with Crippen LogP contribution in [0.5, 0.6) is 0 Å². The van der Waals surface area contributed by atoms with Gasteiger partial charge in [0.05, 0.1) is 0 Å². The summed E-state index contributed by atoms with van der Waals surface area (Å²) in [6.45, 7) is 0.684. The number of alkyl halides is 3. The third-order valence-corrected chi connectivity index (χ3v) is 3.20. The minimum absolute atomic E-state index is 0.338. The summed E-state index contributed by atoms with van der Waals surface area (Å²) >= 11 is 5.56. The number of halogens is 6. The molecule has 0 radical (unpaired) electrons. The molecule has 0 aliphatic heterocycles. The average Bonchev–Trinajstić information content (AvgIpc) is 2.73. The van der Waals surface area contributed by atoms with Crippen LogP contribution in [-0.2, 0) is 5.54 Å². The first-order valence-corrected chi connectivity index (χ1v) is 5.64. The maximum Gasteiger partial charge on any atom is 0.417 e. The molecular formula is C11H7ClF5N3. The van der Waals surface area contributed by atoms with Crippen molar-refractivity contribution in [2.24, 2.45) is 0 Å². The first-order valence-electron chi connectivity index (χ1n) is 5.26. The van der Waals surface area contributed by atoms with Crippen molar-refractivity contribution < 1.29 is 22.0 Å². The SMILES string of the molecule is CC(c1ccc(F)cc1F)(n1ncnc1Cl)C(F)(F)F. The van der Waals surface area contributed by atoms with Crippen LogP contribution < -0.4 is 0 Å². The molecule has 2 aromatic rings. The van der Waals surface area contributed by atoms with Crippen LogP contribution in [0.3, 0.4) is 0 Å². The van der Waals surface area contributed by atoms with Crippen LogP contribution in [0.1, 0.15) is 12.5 Å². The highest BCUT2D eigenvalue weighted by Crippen LogP contribution is 2.43. The molecule has 0 N–H and O–H groups in total. The van der Waals surface area contributed by atoms with Gasteiger partial charge < -0.3 is 0 Å². The summed E-state index contributed by atoms with van der Waals surface area (Å²) in [6.07, 6.45) is -4.11. The lowest BCUT2D eigenvalue weighted by Crippen LogP contribution is -2.47. The molecule has 2 rings (SSSR count). The number of rotatable bonds is 2. The van der Waals surface area contributed by atoms with Gasteiger partial charge in [-0.15, -0.1) is 0 Å². The molecule has 20 heavy (non-hydrogen) atoms. The summed E-state index contributed by atoms with van der Waals surface area (Å²) in [5.41, 5.74) is -3.71. The van der Waals surface area contributed by atoms with Gasteiger partial charge in [-0.1, -0.05) is 6.07 Å². The van der Waals surface area contributed by atoms with E-state index in [1.54, 1.807) is 0 Å². The van der Waals surface area contributed by atoms with Crippen molar-refractivity contribution in [1.82, 2.24) is 14.8 Å². The fourth-order valence-corrected chi connectivity index (χ4v) is 2.05. The predicted octanol–water partition coefficient (Wildman–Crippen LogP) is 3.54. The monoisotopic (exact) mass is 311 g/mol. The second kappa shape index (κ2) is 4.69. The minimum Gasteiger partial charge on any atom is -0.217 e. The lowest BCUT2D eigenvalue weighted by Gasteiger charge is -2.33. The maximum atomic E-state index is 13.8. The summed E-state index contributed by atoms with van der Waals surface area (Å²) in [7, 11) is 0. The Hall–Kier alpha value is -1.70. The Labute approximate surface area is 115 Å². The molecule has 0 spiro atoms. The summed E-state index contributed by atoms with van der Waals surface area (Å²) in [6, 6.07) is 1.80. The van der Waals surface area contributed by atoms with E-state index in [4.69, 9.17) is 11.6 Å². The molecule has 0 saturated heterocycles. The van der Waals surface area contributed by atoms with Gasteiger partial charge in [0.15, 0.2) is 5.54 Å². The Balaban J connectivity index is 2.75. The van der Waals surface area contributed by atoms with E-state index < -0.39 is 34.2 Å². The zero-order chi connectivity index (χ0) is 15.1. The summed E-state index contributed by atoms with van der Waals surface area (Å²) < 4.78 is 67.2. The van der Waals surface area contributed by atoms with Gasteiger partial charge in [-0.2, -0.15) is 18.3 Å². The molecule has 0 amide bonds. The molecule has 0 aliphatic rings. The van der Waals surface area contributed by atoms with E-state index in [-0.39, 0.29) is 0 Å². The maximum absolute atomic E-state index is 13.8. The summed E-state index contributed by atoms with van der Waals surface area (Å²) in [4.78, 5) is 3.39. The highest BCUT2D eigenvalue weighted by molar-refractivity contribution is 6.28. The quantitative estimate of drug-likeness (QED) is 0.794. The van der Waals surface area contributed by atoms with Crippen molar-refractivity contribution in [3.05, 3.63) is 47.0 Å². The second-order valence-corrected chi connectivity index (χ2v) is 4.47. The lowest BCUT2D eigenvalue weighted by atomic mass is 9.91. The normalized spacial score (nSPS) is 15.2. The molecular weight excluding hydrogens is 305 g/mol. The third-order valence-electron chi connectivity index (χ3n) is 2.94. The first-order chi connectivity index (χ1) is 9.18. The van der Waals surface area contributed by atoms with E-state index in [1.165, 1.54) is 0 Å². The number of aromatic nitrogens is 3. The van der Waals surface area contributed by atoms with Gasteiger partial charge in [0.2, 0.25) is 5.28 Å². The van der Waals surface area contributed by atoms with Gasteiger partial charge in [-0.05, 0) is 24.6 Å². The van der Waals surface area contributed by atoms with Gasteiger partial charge in [-0.3, -0.25) is 0 Å². The fraction of sp³-hybridized carbons (Fsp3) is 0.273. The molecule has 1 unspecified atom stereocenters. The number of nitrogens with zero attached hydrogens (tertiary/aromatic N) is 3. The zero-order valence-corrected chi connectivity index (χ0v) is 10.7. The molecule has 9 heteroatoms. The molecule has 0 bridgehead atoms. The Kier molecular flexibility index (Phi) is 3.45. The van der Waals surface area contributed by atoms with Crippen molar-refractivity contribution in [2.45, 2.75) is 18.6 Å². The van der Waals surface area contributed by atoms with E-state index in [0.29, 0.717) is 23.7 Å². The van der Waals surface area contributed by atoms with Gasteiger partial charge in [0.25, 0.3) is 0 Å². The van der Waals surface area contributed by atoms with Gasteiger partial charge >= 0.3 is 6.18 Å². The molecule has 0 fully saturated rings. The summed E-state index contributed by atoms with van der Waals surface area (Å²) in [5.74, 6) is -2.34. The zero-order valence-electron chi connectivity index (χ0n) is 9.92. The van der Waals surface area contributed by atoms with E-state index >= 15 is 0 Å². The smallest absolute Gasteiger partial charge is 0.217 e. The number of hydrogen-bond acceptors (Lipinski definition) is 2. The number of hydrogen-bond donors (Lipinski definition) is 0. The van der Waals surface area contributed by atoms with Crippen LogP contribution in [0, 0.1) is 11.6 Å². The highest BCUT2D eigenvalue weighted by atomic mass is 35.5. The van der Waals surface area contributed by atoms with Crippen LogP contribution >= 0.6 is 11.6 Å². The molecule has 3 nitrogen and oxygen atoms in total. The Morgan fingerprint density at radius 1 is 1.20 bits per heavy atom. The van der Waals surface area contributed by atoms with Crippen LogP contribution in [0.2, 0.25) is 5.28 Å². The average molecular weight is 312 g/mol. The second-order valence-electron chi connectivity index (χ2n) is 4.14. The van der Waals surface area contributed by atoms with E-state index in [0.717, 1.165) is 12.4 Å². The van der Waals surface area contributed by atoms with Crippen LogP contribution in [0.15, 0.2) is 24.5 Å². The Morgan fingerprint density at radius 2 is 1.85 bits per heavy atom.